The molecule has 0 aliphatic carbocycles. The quantitative estimate of drug-likeness (QED) is 0.665. The van der Waals surface area contributed by atoms with Gasteiger partial charge in [-0.1, -0.05) is 12.1 Å². The summed E-state index contributed by atoms with van der Waals surface area (Å²) in [5.41, 5.74) is 7.12. The van der Waals surface area contributed by atoms with Crippen LogP contribution in [0.4, 0.5) is 0 Å². The molecule has 1 aromatic carbocycles. The van der Waals surface area contributed by atoms with Gasteiger partial charge in [0.15, 0.2) is 5.96 Å². The van der Waals surface area contributed by atoms with Crippen molar-refractivity contribution in [1.82, 2.24) is 4.90 Å². The van der Waals surface area contributed by atoms with E-state index in [0.717, 1.165) is 35.9 Å². The molecule has 1 heterocycles. The first kappa shape index (κ1) is 13.1. The molecule has 1 aliphatic heterocycles. The molecule has 5 heteroatoms. The molecule has 1 aliphatic rings. The Balaban J connectivity index is 1.95. The van der Waals surface area contributed by atoms with Crippen molar-refractivity contribution in [3.8, 4) is 5.75 Å². The maximum atomic E-state index is 6.00. The lowest BCUT2D eigenvalue weighted by atomic mass is 10.2. The zero-order valence-electron chi connectivity index (χ0n) is 10.6. The highest BCUT2D eigenvalue weighted by atomic mass is 32.2. The van der Waals surface area contributed by atoms with Gasteiger partial charge in [0.25, 0.3) is 0 Å². The lowest BCUT2D eigenvalue weighted by Gasteiger charge is -2.27. The van der Waals surface area contributed by atoms with Crippen molar-refractivity contribution in [2.45, 2.75) is 6.54 Å². The first-order valence-corrected chi connectivity index (χ1v) is 7.20. The SMILES string of the molecule is COc1cccc(CN=C(N)N2CCSCC2)c1. The van der Waals surface area contributed by atoms with Gasteiger partial charge in [-0.3, -0.25) is 0 Å². The number of hydrogen-bond donors (Lipinski definition) is 1. The second-order valence-electron chi connectivity index (χ2n) is 4.13. The first-order chi connectivity index (χ1) is 8.79. The van der Waals surface area contributed by atoms with Crippen LogP contribution >= 0.6 is 11.8 Å². The van der Waals surface area contributed by atoms with Crippen molar-refractivity contribution in [1.29, 1.82) is 0 Å². The van der Waals surface area contributed by atoms with Gasteiger partial charge in [-0.25, -0.2) is 4.99 Å². The average molecular weight is 265 g/mol. The van der Waals surface area contributed by atoms with E-state index in [1.54, 1.807) is 7.11 Å². The van der Waals surface area contributed by atoms with Crippen molar-refractivity contribution in [3.05, 3.63) is 29.8 Å². The molecule has 0 bridgehead atoms. The number of thioether (sulfide) groups is 1. The molecule has 98 valence electrons. The van der Waals surface area contributed by atoms with Crippen molar-refractivity contribution in [3.63, 3.8) is 0 Å². The number of methoxy groups -OCH3 is 1. The highest BCUT2D eigenvalue weighted by molar-refractivity contribution is 7.99. The number of benzene rings is 1. The third-order valence-corrected chi connectivity index (χ3v) is 3.84. The fourth-order valence-electron chi connectivity index (χ4n) is 1.84. The van der Waals surface area contributed by atoms with E-state index in [-0.39, 0.29) is 0 Å². The summed E-state index contributed by atoms with van der Waals surface area (Å²) in [6.45, 7) is 2.60. The van der Waals surface area contributed by atoms with Gasteiger partial charge in [0, 0.05) is 24.6 Å². The largest absolute Gasteiger partial charge is 0.497 e. The topological polar surface area (TPSA) is 50.9 Å². The summed E-state index contributed by atoms with van der Waals surface area (Å²) in [5, 5.41) is 0. The van der Waals surface area contributed by atoms with Crippen molar-refractivity contribution in [2.24, 2.45) is 10.7 Å². The second kappa shape index (κ2) is 6.54. The summed E-state index contributed by atoms with van der Waals surface area (Å²) in [6.07, 6.45) is 0. The van der Waals surface area contributed by atoms with Gasteiger partial charge in [-0.05, 0) is 17.7 Å². The normalized spacial score (nSPS) is 16.7. The summed E-state index contributed by atoms with van der Waals surface area (Å²) in [5.74, 6) is 3.78. The molecule has 0 unspecified atom stereocenters. The highest BCUT2D eigenvalue weighted by Gasteiger charge is 2.11. The van der Waals surface area contributed by atoms with E-state index >= 15 is 0 Å². The van der Waals surface area contributed by atoms with Crippen LogP contribution in [0.3, 0.4) is 0 Å². The molecule has 1 aromatic rings. The van der Waals surface area contributed by atoms with E-state index in [1.165, 1.54) is 0 Å². The van der Waals surface area contributed by atoms with E-state index < -0.39 is 0 Å². The van der Waals surface area contributed by atoms with Crippen LogP contribution in [0.25, 0.3) is 0 Å². The maximum Gasteiger partial charge on any atom is 0.191 e. The van der Waals surface area contributed by atoms with Crippen LogP contribution in [-0.2, 0) is 6.54 Å². The Morgan fingerprint density at radius 3 is 2.94 bits per heavy atom. The van der Waals surface area contributed by atoms with E-state index in [2.05, 4.69) is 9.89 Å². The van der Waals surface area contributed by atoms with Gasteiger partial charge in [0.1, 0.15) is 5.75 Å². The molecule has 0 atom stereocenters. The number of nitrogens with zero attached hydrogens (tertiary/aromatic N) is 2. The molecular weight excluding hydrogens is 246 g/mol. The van der Waals surface area contributed by atoms with Crippen LogP contribution in [0.5, 0.6) is 5.75 Å². The smallest absolute Gasteiger partial charge is 0.191 e. The summed E-state index contributed by atoms with van der Waals surface area (Å²) in [4.78, 5) is 6.60. The number of nitrogens with two attached hydrogens (primary N) is 1. The van der Waals surface area contributed by atoms with Crippen LogP contribution in [0.1, 0.15) is 5.56 Å². The molecule has 4 nitrogen and oxygen atoms in total. The van der Waals surface area contributed by atoms with Crippen LogP contribution in [-0.4, -0.2) is 42.6 Å². The first-order valence-electron chi connectivity index (χ1n) is 6.05. The number of aliphatic imine (C=N–C) groups is 1. The number of hydrogen-bond acceptors (Lipinski definition) is 3. The van der Waals surface area contributed by atoms with Crippen LogP contribution in [0, 0.1) is 0 Å². The molecule has 0 spiro atoms. The molecule has 1 fully saturated rings. The van der Waals surface area contributed by atoms with Gasteiger partial charge >= 0.3 is 0 Å². The van der Waals surface area contributed by atoms with E-state index in [9.17, 15) is 0 Å². The zero-order valence-corrected chi connectivity index (χ0v) is 11.4. The standard InChI is InChI=1S/C13H19N3OS/c1-17-12-4-2-3-11(9-12)10-15-13(14)16-5-7-18-8-6-16/h2-4,9H,5-8,10H2,1H3,(H2,14,15). The average Bonchev–Trinajstić information content (AvgIpc) is 2.46. The molecule has 0 saturated carbocycles. The fraction of sp³-hybridized carbons (Fsp3) is 0.462. The Morgan fingerprint density at radius 2 is 2.22 bits per heavy atom. The number of guanidine groups is 1. The zero-order chi connectivity index (χ0) is 12.8. The van der Waals surface area contributed by atoms with Crippen LogP contribution in [0.15, 0.2) is 29.3 Å². The van der Waals surface area contributed by atoms with E-state index in [1.807, 2.05) is 36.0 Å². The lowest BCUT2D eigenvalue weighted by Crippen LogP contribution is -2.42. The third-order valence-electron chi connectivity index (χ3n) is 2.89. The molecule has 2 N–H and O–H groups in total. The van der Waals surface area contributed by atoms with Crippen molar-refractivity contribution in [2.75, 3.05) is 31.7 Å². The third kappa shape index (κ3) is 3.57. The molecular formula is C13H19N3OS. The monoisotopic (exact) mass is 265 g/mol. The summed E-state index contributed by atoms with van der Waals surface area (Å²) in [6, 6.07) is 7.92. The fourth-order valence-corrected chi connectivity index (χ4v) is 2.74. The Kier molecular flexibility index (Phi) is 4.75. The van der Waals surface area contributed by atoms with Crippen LogP contribution in [0.2, 0.25) is 0 Å². The van der Waals surface area contributed by atoms with Gasteiger partial charge in [-0.15, -0.1) is 0 Å². The molecule has 1 saturated heterocycles. The van der Waals surface area contributed by atoms with Crippen molar-refractivity contribution < 1.29 is 4.74 Å². The predicted octanol–water partition coefficient (Wildman–Crippen LogP) is 1.56. The van der Waals surface area contributed by atoms with Crippen LogP contribution < -0.4 is 10.5 Å². The van der Waals surface area contributed by atoms with Gasteiger partial charge in [0.05, 0.1) is 13.7 Å². The Bertz CT molecular complexity index is 416. The van der Waals surface area contributed by atoms with E-state index in [4.69, 9.17) is 10.5 Å². The minimum atomic E-state index is 0.604. The second-order valence-corrected chi connectivity index (χ2v) is 5.35. The molecule has 0 aromatic heterocycles. The molecule has 2 rings (SSSR count). The molecule has 0 amide bonds. The van der Waals surface area contributed by atoms with Gasteiger partial charge in [-0.2, -0.15) is 11.8 Å². The minimum absolute atomic E-state index is 0.604. The molecule has 0 radical (unpaired) electrons. The predicted molar refractivity (Wildman–Crippen MR) is 77.2 cm³/mol. The maximum absolute atomic E-state index is 6.00. The minimum Gasteiger partial charge on any atom is -0.497 e. The highest BCUT2D eigenvalue weighted by Crippen LogP contribution is 2.13. The van der Waals surface area contributed by atoms with Crippen molar-refractivity contribution >= 4 is 17.7 Å². The summed E-state index contributed by atoms with van der Waals surface area (Å²) in [7, 11) is 1.67. The summed E-state index contributed by atoms with van der Waals surface area (Å²) < 4.78 is 5.19. The number of rotatable bonds is 3. The van der Waals surface area contributed by atoms with Gasteiger partial charge in [0.2, 0.25) is 0 Å². The Hall–Kier alpha value is -1.36. The Labute approximate surface area is 112 Å². The molecule has 18 heavy (non-hydrogen) atoms. The number of ether oxygens (including phenoxy) is 1. The Morgan fingerprint density at radius 1 is 1.44 bits per heavy atom. The lowest BCUT2D eigenvalue weighted by molar-refractivity contribution is 0.414. The van der Waals surface area contributed by atoms with E-state index in [0.29, 0.717) is 12.5 Å². The summed E-state index contributed by atoms with van der Waals surface area (Å²) >= 11 is 1.97. The van der Waals surface area contributed by atoms with Gasteiger partial charge < -0.3 is 15.4 Å².